The number of amides is 1. The number of halogens is 1. The van der Waals surface area contributed by atoms with Gasteiger partial charge < -0.3 is 14.0 Å². The number of carbonyl (C=O) groups is 1. The molecule has 0 saturated heterocycles. The molecular formula is C21H20BrN3O3. The summed E-state index contributed by atoms with van der Waals surface area (Å²) in [6, 6.07) is 14.8. The van der Waals surface area contributed by atoms with E-state index in [1.807, 2.05) is 60.3 Å². The molecular weight excluding hydrogens is 422 g/mol. The molecule has 0 spiro atoms. The second-order valence-electron chi connectivity index (χ2n) is 5.77. The molecule has 0 atom stereocenters. The van der Waals surface area contributed by atoms with Crippen molar-refractivity contribution in [2.75, 3.05) is 13.7 Å². The van der Waals surface area contributed by atoms with Gasteiger partial charge in [0.25, 0.3) is 5.91 Å². The van der Waals surface area contributed by atoms with Crippen LogP contribution in [0.25, 0.3) is 5.69 Å². The monoisotopic (exact) mass is 441 g/mol. The van der Waals surface area contributed by atoms with Crippen LogP contribution in [0.2, 0.25) is 0 Å². The Labute approximate surface area is 171 Å². The molecule has 28 heavy (non-hydrogen) atoms. The summed E-state index contributed by atoms with van der Waals surface area (Å²) in [5.41, 5.74) is 4.64. The molecule has 0 radical (unpaired) electrons. The number of ether oxygens (including phenoxy) is 2. The zero-order chi connectivity index (χ0) is 19.9. The standard InChI is InChI=1S/C21H20BrN3O3/c1-3-28-20-17(22)12-15(13-19(20)27-2)14-23-24-21(26)16-8-4-5-9-18(16)25-10-6-7-11-25/h4-14H,3H2,1-2H3,(H,24,26)/b23-14-. The normalized spacial score (nSPS) is 10.8. The molecule has 6 nitrogen and oxygen atoms in total. The van der Waals surface area contributed by atoms with Crippen molar-refractivity contribution in [2.24, 2.45) is 5.10 Å². The van der Waals surface area contributed by atoms with Gasteiger partial charge in [0.05, 0.1) is 35.7 Å². The van der Waals surface area contributed by atoms with Gasteiger partial charge in [-0.15, -0.1) is 0 Å². The molecule has 0 aliphatic carbocycles. The third-order valence-corrected chi connectivity index (χ3v) is 4.54. The van der Waals surface area contributed by atoms with Crippen molar-refractivity contribution in [3.05, 3.63) is 76.5 Å². The molecule has 3 rings (SSSR count). The van der Waals surface area contributed by atoms with Gasteiger partial charge in [-0.1, -0.05) is 12.1 Å². The predicted molar refractivity (Wildman–Crippen MR) is 113 cm³/mol. The summed E-state index contributed by atoms with van der Waals surface area (Å²) >= 11 is 3.47. The Kier molecular flexibility index (Phi) is 6.49. The molecule has 1 aromatic heterocycles. The van der Waals surface area contributed by atoms with Crippen molar-refractivity contribution in [3.8, 4) is 17.2 Å². The van der Waals surface area contributed by atoms with Gasteiger partial charge in [-0.05, 0) is 64.8 Å². The number of aromatic nitrogens is 1. The molecule has 1 amide bonds. The summed E-state index contributed by atoms with van der Waals surface area (Å²) in [6.45, 7) is 2.43. The number of hydrogen-bond acceptors (Lipinski definition) is 4. The number of rotatable bonds is 7. The molecule has 3 aromatic rings. The Morgan fingerprint density at radius 3 is 2.68 bits per heavy atom. The highest BCUT2D eigenvalue weighted by molar-refractivity contribution is 9.10. The number of methoxy groups -OCH3 is 1. The largest absolute Gasteiger partial charge is 0.493 e. The third-order valence-electron chi connectivity index (χ3n) is 3.95. The molecule has 1 heterocycles. The van der Waals surface area contributed by atoms with Crippen molar-refractivity contribution < 1.29 is 14.3 Å². The van der Waals surface area contributed by atoms with E-state index in [0.717, 1.165) is 15.7 Å². The summed E-state index contributed by atoms with van der Waals surface area (Å²) < 4.78 is 13.6. The Morgan fingerprint density at radius 1 is 1.21 bits per heavy atom. The van der Waals surface area contributed by atoms with E-state index in [1.54, 1.807) is 25.5 Å². The van der Waals surface area contributed by atoms with Crippen LogP contribution >= 0.6 is 15.9 Å². The summed E-state index contributed by atoms with van der Waals surface area (Å²) in [4.78, 5) is 12.6. The topological polar surface area (TPSA) is 64.8 Å². The molecule has 2 aromatic carbocycles. The maximum Gasteiger partial charge on any atom is 0.273 e. The predicted octanol–water partition coefficient (Wildman–Crippen LogP) is 4.41. The average Bonchev–Trinajstić information content (AvgIpc) is 3.24. The van der Waals surface area contributed by atoms with Crippen LogP contribution < -0.4 is 14.9 Å². The summed E-state index contributed by atoms with van der Waals surface area (Å²) in [5.74, 6) is 0.923. The van der Waals surface area contributed by atoms with Crippen LogP contribution in [0, 0.1) is 0 Å². The Balaban J connectivity index is 1.77. The first kappa shape index (κ1) is 19.7. The molecule has 144 valence electrons. The van der Waals surface area contributed by atoms with Gasteiger partial charge in [0.15, 0.2) is 11.5 Å². The second-order valence-corrected chi connectivity index (χ2v) is 6.63. The minimum Gasteiger partial charge on any atom is -0.493 e. The number of carbonyl (C=O) groups excluding carboxylic acids is 1. The summed E-state index contributed by atoms with van der Waals surface area (Å²) in [7, 11) is 1.57. The van der Waals surface area contributed by atoms with Crippen LogP contribution in [0.15, 0.2) is 70.5 Å². The third kappa shape index (κ3) is 4.43. The smallest absolute Gasteiger partial charge is 0.273 e. The molecule has 1 N–H and O–H groups in total. The lowest BCUT2D eigenvalue weighted by atomic mass is 10.1. The molecule has 7 heteroatoms. The lowest BCUT2D eigenvalue weighted by Gasteiger charge is -2.12. The zero-order valence-electron chi connectivity index (χ0n) is 15.6. The maximum absolute atomic E-state index is 12.6. The fourth-order valence-electron chi connectivity index (χ4n) is 2.71. The van der Waals surface area contributed by atoms with Gasteiger partial charge in [0.2, 0.25) is 0 Å². The number of nitrogens with one attached hydrogen (secondary N) is 1. The first-order chi connectivity index (χ1) is 13.6. The summed E-state index contributed by atoms with van der Waals surface area (Å²) in [5, 5.41) is 4.08. The molecule has 0 unspecified atom stereocenters. The van der Waals surface area contributed by atoms with E-state index in [9.17, 15) is 4.79 Å². The van der Waals surface area contributed by atoms with Crippen LogP contribution in [0.4, 0.5) is 0 Å². The average molecular weight is 442 g/mol. The molecule has 0 aliphatic rings. The lowest BCUT2D eigenvalue weighted by Crippen LogP contribution is -2.19. The highest BCUT2D eigenvalue weighted by atomic mass is 79.9. The summed E-state index contributed by atoms with van der Waals surface area (Å²) in [6.07, 6.45) is 5.33. The highest BCUT2D eigenvalue weighted by Crippen LogP contribution is 2.36. The van der Waals surface area contributed by atoms with Crippen LogP contribution in [-0.2, 0) is 0 Å². The lowest BCUT2D eigenvalue weighted by molar-refractivity contribution is 0.0955. The highest BCUT2D eigenvalue weighted by Gasteiger charge is 2.12. The van der Waals surface area contributed by atoms with E-state index in [1.165, 1.54) is 0 Å². The second kappa shape index (κ2) is 9.23. The first-order valence-electron chi connectivity index (χ1n) is 8.70. The van der Waals surface area contributed by atoms with Gasteiger partial charge in [0, 0.05) is 12.4 Å². The fraction of sp³-hybridized carbons (Fsp3) is 0.143. The number of hydrazone groups is 1. The molecule has 0 saturated carbocycles. The van der Waals surface area contributed by atoms with E-state index < -0.39 is 0 Å². The van der Waals surface area contributed by atoms with Crippen molar-refractivity contribution in [1.82, 2.24) is 9.99 Å². The van der Waals surface area contributed by atoms with Crippen molar-refractivity contribution in [3.63, 3.8) is 0 Å². The molecule has 0 fully saturated rings. The van der Waals surface area contributed by atoms with Gasteiger partial charge in [0.1, 0.15) is 0 Å². The van der Waals surface area contributed by atoms with E-state index in [0.29, 0.717) is 23.7 Å². The minimum atomic E-state index is -0.294. The number of benzene rings is 2. The van der Waals surface area contributed by atoms with Gasteiger partial charge in [-0.2, -0.15) is 5.10 Å². The molecule has 0 aliphatic heterocycles. The van der Waals surface area contributed by atoms with Gasteiger partial charge in [-0.25, -0.2) is 5.43 Å². The van der Waals surface area contributed by atoms with Gasteiger partial charge in [-0.3, -0.25) is 4.79 Å². The van der Waals surface area contributed by atoms with Crippen LogP contribution in [-0.4, -0.2) is 30.4 Å². The zero-order valence-corrected chi connectivity index (χ0v) is 17.1. The Bertz CT molecular complexity index is 985. The van der Waals surface area contributed by atoms with Gasteiger partial charge >= 0.3 is 0 Å². The van der Waals surface area contributed by atoms with Crippen molar-refractivity contribution in [2.45, 2.75) is 6.92 Å². The van der Waals surface area contributed by atoms with Crippen LogP contribution in [0.1, 0.15) is 22.8 Å². The Hall–Kier alpha value is -3.06. The van der Waals surface area contributed by atoms with Crippen molar-refractivity contribution >= 4 is 28.1 Å². The Morgan fingerprint density at radius 2 is 1.96 bits per heavy atom. The number of hydrogen-bond donors (Lipinski definition) is 1. The van der Waals surface area contributed by atoms with Crippen molar-refractivity contribution in [1.29, 1.82) is 0 Å². The quantitative estimate of drug-likeness (QED) is 0.436. The molecule has 0 bridgehead atoms. The minimum absolute atomic E-state index is 0.294. The van der Waals surface area contributed by atoms with E-state index in [-0.39, 0.29) is 5.91 Å². The SMILES string of the molecule is CCOc1c(Br)cc(/C=N\NC(=O)c2ccccc2-n2cccc2)cc1OC. The maximum atomic E-state index is 12.6. The first-order valence-corrected chi connectivity index (χ1v) is 9.49. The van der Waals surface area contributed by atoms with E-state index in [4.69, 9.17) is 9.47 Å². The fourth-order valence-corrected chi connectivity index (χ4v) is 3.28. The van der Waals surface area contributed by atoms with Crippen LogP contribution in [0.5, 0.6) is 11.5 Å². The van der Waals surface area contributed by atoms with Crippen LogP contribution in [0.3, 0.4) is 0 Å². The van der Waals surface area contributed by atoms with E-state index >= 15 is 0 Å². The number of para-hydroxylation sites is 1. The van der Waals surface area contributed by atoms with E-state index in [2.05, 4.69) is 26.5 Å². The number of nitrogens with zero attached hydrogens (tertiary/aromatic N) is 2.